The molecule has 0 aliphatic rings. The van der Waals surface area contributed by atoms with Gasteiger partial charge in [-0.05, 0) is 89.9 Å². The number of carbonyl (C=O) groups excluding carboxylic acids is 3. The molecule has 0 aromatic carbocycles. The third-order valence-corrected chi connectivity index (χ3v) is 11.4. The molecule has 0 saturated heterocycles. The Morgan fingerprint density at radius 2 is 0.615 bits per heavy atom. The van der Waals surface area contributed by atoms with Crippen molar-refractivity contribution in [2.75, 3.05) is 13.2 Å². The van der Waals surface area contributed by atoms with Crippen molar-refractivity contribution in [1.82, 2.24) is 0 Å². The maximum absolute atomic E-state index is 12.7. The van der Waals surface area contributed by atoms with E-state index in [1.165, 1.54) is 109 Å². The van der Waals surface area contributed by atoms with E-state index in [0.29, 0.717) is 19.3 Å². The first kappa shape index (κ1) is 61.6. The fourth-order valence-electron chi connectivity index (χ4n) is 7.33. The predicted molar refractivity (Wildman–Crippen MR) is 279 cm³/mol. The zero-order valence-corrected chi connectivity index (χ0v) is 42.5. The highest BCUT2D eigenvalue weighted by atomic mass is 16.6. The summed E-state index contributed by atoms with van der Waals surface area (Å²) in [5.74, 6) is -0.973. The third-order valence-electron chi connectivity index (χ3n) is 11.4. The number of allylic oxidation sites excluding steroid dienone is 14. The smallest absolute Gasteiger partial charge is 0.306 e. The molecule has 0 aromatic rings. The molecular formula is C59H100O6. The summed E-state index contributed by atoms with van der Waals surface area (Å²) < 4.78 is 16.6. The number of esters is 3. The van der Waals surface area contributed by atoms with Crippen LogP contribution < -0.4 is 0 Å². The minimum Gasteiger partial charge on any atom is -0.462 e. The van der Waals surface area contributed by atoms with Gasteiger partial charge in [-0.25, -0.2) is 0 Å². The van der Waals surface area contributed by atoms with E-state index in [-0.39, 0.29) is 37.5 Å². The molecule has 0 N–H and O–H groups in total. The van der Waals surface area contributed by atoms with Crippen molar-refractivity contribution in [3.63, 3.8) is 0 Å². The summed E-state index contributed by atoms with van der Waals surface area (Å²) >= 11 is 0. The van der Waals surface area contributed by atoms with Crippen LogP contribution >= 0.6 is 0 Å². The molecule has 0 aliphatic heterocycles. The molecule has 0 radical (unpaired) electrons. The number of hydrogen-bond acceptors (Lipinski definition) is 6. The van der Waals surface area contributed by atoms with Gasteiger partial charge in [-0.3, -0.25) is 14.4 Å². The molecule has 0 bridgehead atoms. The zero-order chi connectivity index (χ0) is 47.2. The molecule has 6 heteroatoms. The molecule has 0 aliphatic carbocycles. The Morgan fingerprint density at radius 3 is 0.985 bits per heavy atom. The van der Waals surface area contributed by atoms with Gasteiger partial charge in [-0.2, -0.15) is 0 Å². The maximum Gasteiger partial charge on any atom is 0.306 e. The van der Waals surface area contributed by atoms with Gasteiger partial charge in [0.15, 0.2) is 6.10 Å². The first-order valence-electron chi connectivity index (χ1n) is 27.1. The van der Waals surface area contributed by atoms with Crippen molar-refractivity contribution in [3.8, 4) is 0 Å². The van der Waals surface area contributed by atoms with E-state index < -0.39 is 6.10 Å². The number of hydrogen-bond donors (Lipinski definition) is 0. The van der Waals surface area contributed by atoms with Gasteiger partial charge < -0.3 is 14.2 Å². The highest BCUT2D eigenvalue weighted by Gasteiger charge is 2.19. The first-order valence-corrected chi connectivity index (χ1v) is 27.1. The minimum atomic E-state index is -0.802. The van der Waals surface area contributed by atoms with Crippen molar-refractivity contribution in [3.05, 3.63) is 85.1 Å². The Bertz CT molecular complexity index is 1270. The number of ether oxygens (including phenoxy) is 3. The van der Waals surface area contributed by atoms with Gasteiger partial charge in [0.05, 0.1) is 0 Å². The van der Waals surface area contributed by atoms with Crippen molar-refractivity contribution in [2.45, 2.75) is 258 Å². The van der Waals surface area contributed by atoms with Crippen LogP contribution in [0.15, 0.2) is 85.1 Å². The standard InChI is InChI=1S/C59H100O6/c1-4-7-10-13-15-17-19-21-23-25-26-27-28-29-30-31-32-34-35-37-39-41-43-46-49-52-58(61)64-55-56(54-63-57(60)51-48-45-12-9-6-3)65-59(62)53-50-47-44-42-40-38-36-33-24-22-20-18-16-14-11-8-5-2/h8,11,16,18-19,21-22,24-26,36,38,42,44,56H,4-7,9-10,12-15,17,20,23,27-35,37,39-41,43,45-55H2,1-3H3/b11-8-,18-16-,21-19-,24-22-,26-25-,38-36-,44-42-. The SMILES string of the molecule is CC/C=C\C/C=C\C/C=C\C/C=C\C/C=C\CCCC(=O)OC(COC(=O)CCCCCCC)COC(=O)CCCCCCCCCCCCCCC/C=C\C/C=C\CCCCCCC. The van der Waals surface area contributed by atoms with Gasteiger partial charge in [0, 0.05) is 19.3 Å². The lowest BCUT2D eigenvalue weighted by Crippen LogP contribution is -2.30. The lowest BCUT2D eigenvalue weighted by Gasteiger charge is -2.18. The lowest BCUT2D eigenvalue weighted by molar-refractivity contribution is -0.167. The number of carbonyl (C=O) groups is 3. The molecule has 1 atom stereocenters. The van der Waals surface area contributed by atoms with Crippen molar-refractivity contribution >= 4 is 17.9 Å². The van der Waals surface area contributed by atoms with E-state index in [1.807, 2.05) is 0 Å². The maximum atomic E-state index is 12.7. The minimum absolute atomic E-state index is 0.0993. The van der Waals surface area contributed by atoms with Gasteiger partial charge in [-0.15, -0.1) is 0 Å². The molecule has 0 spiro atoms. The van der Waals surface area contributed by atoms with Crippen LogP contribution in [-0.4, -0.2) is 37.2 Å². The molecule has 0 fully saturated rings. The van der Waals surface area contributed by atoms with E-state index in [9.17, 15) is 14.4 Å². The fourth-order valence-corrected chi connectivity index (χ4v) is 7.33. The largest absolute Gasteiger partial charge is 0.462 e. The Balaban J connectivity index is 4.15. The lowest BCUT2D eigenvalue weighted by atomic mass is 10.0. The molecule has 1 unspecified atom stereocenters. The molecule has 0 rings (SSSR count). The van der Waals surface area contributed by atoms with E-state index in [4.69, 9.17) is 14.2 Å². The second-order valence-corrected chi connectivity index (χ2v) is 17.8. The molecule has 0 amide bonds. The van der Waals surface area contributed by atoms with Crippen LogP contribution in [-0.2, 0) is 28.6 Å². The monoisotopic (exact) mass is 905 g/mol. The van der Waals surface area contributed by atoms with E-state index >= 15 is 0 Å². The van der Waals surface area contributed by atoms with Crippen molar-refractivity contribution < 1.29 is 28.6 Å². The van der Waals surface area contributed by atoms with Crippen molar-refractivity contribution in [1.29, 1.82) is 0 Å². The molecule has 65 heavy (non-hydrogen) atoms. The summed E-state index contributed by atoms with van der Waals surface area (Å²) in [7, 11) is 0. The molecule has 6 nitrogen and oxygen atoms in total. The average Bonchev–Trinajstić information content (AvgIpc) is 3.30. The predicted octanol–water partition coefficient (Wildman–Crippen LogP) is 18.0. The number of unbranched alkanes of at least 4 members (excludes halogenated alkanes) is 23. The molecule has 0 aromatic heterocycles. The first-order chi connectivity index (χ1) is 32.0. The summed E-state index contributed by atoms with van der Waals surface area (Å²) in [6.45, 7) is 6.38. The Labute approximate surface area is 401 Å². The zero-order valence-electron chi connectivity index (χ0n) is 42.5. The second kappa shape index (κ2) is 53.2. The fraction of sp³-hybridized carbons (Fsp3) is 0.712. The van der Waals surface area contributed by atoms with E-state index in [2.05, 4.69) is 106 Å². The molecule has 372 valence electrons. The summed E-state index contributed by atoms with van der Waals surface area (Å²) in [6, 6.07) is 0. The molecule has 0 saturated carbocycles. The highest BCUT2D eigenvalue weighted by molar-refractivity contribution is 5.71. The summed E-state index contributed by atoms with van der Waals surface area (Å²) in [5.41, 5.74) is 0. The van der Waals surface area contributed by atoms with Crippen molar-refractivity contribution in [2.24, 2.45) is 0 Å². The highest BCUT2D eigenvalue weighted by Crippen LogP contribution is 2.15. The Kier molecular flexibility index (Phi) is 50.4. The van der Waals surface area contributed by atoms with E-state index in [1.54, 1.807) is 0 Å². The molecular weight excluding hydrogens is 805 g/mol. The topological polar surface area (TPSA) is 78.9 Å². The Hall–Kier alpha value is -3.41. The van der Waals surface area contributed by atoms with Gasteiger partial charge >= 0.3 is 17.9 Å². The average molecular weight is 905 g/mol. The quantitative estimate of drug-likeness (QED) is 0.0262. The number of rotatable bonds is 48. The van der Waals surface area contributed by atoms with Gasteiger partial charge in [0.2, 0.25) is 0 Å². The van der Waals surface area contributed by atoms with E-state index in [0.717, 1.165) is 96.3 Å². The summed E-state index contributed by atoms with van der Waals surface area (Å²) in [4.78, 5) is 37.7. The van der Waals surface area contributed by atoms with Crippen LogP contribution in [0, 0.1) is 0 Å². The summed E-state index contributed by atoms with van der Waals surface area (Å²) in [5, 5.41) is 0. The Morgan fingerprint density at radius 1 is 0.323 bits per heavy atom. The van der Waals surface area contributed by atoms with Gasteiger partial charge in [0.25, 0.3) is 0 Å². The van der Waals surface area contributed by atoms with Crippen LogP contribution in [0.2, 0.25) is 0 Å². The van der Waals surface area contributed by atoms with Crippen LogP contribution in [0.5, 0.6) is 0 Å². The molecule has 0 heterocycles. The van der Waals surface area contributed by atoms with Gasteiger partial charge in [-0.1, -0.05) is 228 Å². The van der Waals surface area contributed by atoms with Crippen LogP contribution in [0.4, 0.5) is 0 Å². The van der Waals surface area contributed by atoms with Crippen LogP contribution in [0.1, 0.15) is 252 Å². The second-order valence-electron chi connectivity index (χ2n) is 17.8. The third kappa shape index (κ3) is 51.4. The van der Waals surface area contributed by atoms with Gasteiger partial charge in [0.1, 0.15) is 13.2 Å². The van der Waals surface area contributed by atoms with Crippen LogP contribution in [0.3, 0.4) is 0 Å². The normalized spacial score (nSPS) is 12.7. The van der Waals surface area contributed by atoms with Crippen LogP contribution in [0.25, 0.3) is 0 Å². The summed E-state index contributed by atoms with van der Waals surface area (Å²) in [6.07, 6.45) is 69.1.